The lowest BCUT2D eigenvalue weighted by molar-refractivity contribution is 0.103. The third-order valence-corrected chi connectivity index (χ3v) is 2.79. The SMILES string of the molecule is O=C1c2ccccc2-c2nn3ncnc3nc21. The van der Waals surface area contributed by atoms with Gasteiger partial charge in [0, 0.05) is 11.1 Å². The first-order valence-corrected chi connectivity index (χ1v) is 5.07. The number of hydrogen-bond donors (Lipinski definition) is 0. The molecule has 6 nitrogen and oxygen atoms in total. The second-order valence-corrected chi connectivity index (χ2v) is 3.73. The third-order valence-electron chi connectivity index (χ3n) is 2.79. The van der Waals surface area contributed by atoms with Gasteiger partial charge in [-0.1, -0.05) is 24.3 Å². The van der Waals surface area contributed by atoms with Crippen LogP contribution in [0, 0.1) is 0 Å². The van der Waals surface area contributed by atoms with E-state index < -0.39 is 0 Å². The molecule has 1 aromatic carbocycles. The van der Waals surface area contributed by atoms with Crippen LogP contribution in [0.15, 0.2) is 30.6 Å². The summed E-state index contributed by atoms with van der Waals surface area (Å²) in [5, 5.41) is 8.18. The fourth-order valence-corrected chi connectivity index (χ4v) is 2.02. The molecule has 4 rings (SSSR count). The molecule has 1 aliphatic rings. The summed E-state index contributed by atoms with van der Waals surface area (Å²) in [6.45, 7) is 0. The Labute approximate surface area is 94.9 Å². The Hall–Kier alpha value is -2.63. The van der Waals surface area contributed by atoms with Crippen molar-refractivity contribution in [1.29, 1.82) is 0 Å². The van der Waals surface area contributed by atoms with Crippen molar-refractivity contribution in [2.24, 2.45) is 0 Å². The van der Waals surface area contributed by atoms with Crippen molar-refractivity contribution < 1.29 is 4.79 Å². The van der Waals surface area contributed by atoms with Gasteiger partial charge in [-0.15, -0.1) is 14.8 Å². The molecule has 0 saturated heterocycles. The average molecular weight is 223 g/mol. The Morgan fingerprint density at radius 1 is 1.06 bits per heavy atom. The maximum absolute atomic E-state index is 12.1. The molecule has 3 aromatic rings. The maximum Gasteiger partial charge on any atom is 0.271 e. The van der Waals surface area contributed by atoms with Gasteiger partial charge in [-0.3, -0.25) is 4.79 Å². The summed E-state index contributed by atoms with van der Waals surface area (Å²) in [6.07, 6.45) is 1.36. The molecule has 6 heteroatoms. The molecule has 0 bridgehead atoms. The minimum Gasteiger partial charge on any atom is -0.287 e. The molecule has 0 fully saturated rings. The van der Waals surface area contributed by atoms with E-state index in [1.807, 2.05) is 18.2 Å². The molecular formula is C11H5N5O. The number of benzene rings is 1. The van der Waals surface area contributed by atoms with Crippen molar-refractivity contribution >= 4 is 11.6 Å². The molecule has 0 atom stereocenters. The van der Waals surface area contributed by atoms with Crippen molar-refractivity contribution in [2.75, 3.05) is 0 Å². The molecule has 0 N–H and O–H groups in total. The Morgan fingerprint density at radius 2 is 1.88 bits per heavy atom. The lowest BCUT2D eigenvalue weighted by Crippen LogP contribution is -2.04. The number of rotatable bonds is 0. The lowest BCUT2D eigenvalue weighted by Gasteiger charge is -1.97. The van der Waals surface area contributed by atoms with Crippen molar-refractivity contribution in [3.05, 3.63) is 41.9 Å². The first-order valence-electron chi connectivity index (χ1n) is 5.07. The number of ketones is 1. The number of carbonyl (C=O) groups excluding carboxylic acids is 1. The van der Waals surface area contributed by atoms with Crippen LogP contribution >= 0.6 is 0 Å². The molecule has 0 spiro atoms. The zero-order chi connectivity index (χ0) is 11.4. The Morgan fingerprint density at radius 3 is 2.76 bits per heavy atom. The molecule has 0 unspecified atom stereocenters. The first kappa shape index (κ1) is 8.51. The Balaban J connectivity index is 2.16. The van der Waals surface area contributed by atoms with Crippen molar-refractivity contribution in [1.82, 2.24) is 24.8 Å². The van der Waals surface area contributed by atoms with Crippen LogP contribution in [0.2, 0.25) is 0 Å². The largest absolute Gasteiger partial charge is 0.287 e. The first-order chi connectivity index (χ1) is 8.34. The number of carbonyl (C=O) groups is 1. The van der Waals surface area contributed by atoms with E-state index in [1.54, 1.807) is 6.07 Å². The number of aromatic nitrogens is 5. The van der Waals surface area contributed by atoms with E-state index >= 15 is 0 Å². The van der Waals surface area contributed by atoms with E-state index in [0.717, 1.165) is 5.56 Å². The summed E-state index contributed by atoms with van der Waals surface area (Å²) in [5.41, 5.74) is 2.36. The van der Waals surface area contributed by atoms with Gasteiger partial charge in [0.1, 0.15) is 17.7 Å². The van der Waals surface area contributed by atoms with Gasteiger partial charge in [0.2, 0.25) is 5.78 Å². The van der Waals surface area contributed by atoms with Gasteiger partial charge in [-0.05, 0) is 0 Å². The lowest BCUT2D eigenvalue weighted by atomic mass is 10.1. The summed E-state index contributed by atoms with van der Waals surface area (Å²) in [5.74, 6) is 0.235. The standard InChI is InChI=1S/C11H5N5O/c17-10-7-4-2-1-3-6(7)8-9(10)14-11-12-5-13-16(11)15-8/h1-5H. The second kappa shape index (κ2) is 2.73. The minimum absolute atomic E-state index is 0.103. The van der Waals surface area contributed by atoms with Crippen LogP contribution in [0.1, 0.15) is 16.1 Å². The molecule has 17 heavy (non-hydrogen) atoms. The summed E-state index contributed by atoms with van der Waals surface area (Å²) < 4.78 is 1.33. The van der Waals surface area contributed by atoms with Gasteiger partial charge in [0.25, 0.3) is 5.78 Å². The highest BCUT2D eigenvalue weighted by Crippen LogP contribution is 2.33. The highest BCUT2D eigenvalue weighted by atomic mass is 16.1. The number of fused-ring (bicyclic) bond motifs is 4. The number of hydrogen-bond acceptors (Lipinski definition) is 5. The minimum atomic E-state index is -0.103. The average Bonchev–Trinajstić information content (AvgIpc) is 2.92. The van der Waals surface area contributed by atoms with Gasteiger partial charge in [0.15, 0.2) is 0 Å². The fourth-order valence-electron chi connectivity index (χ4n) is 2.02. The van der Waals surface area contributed by atoms with E-state index in [4.69, 9.17) is 0 Å². The molecule has 1 aliphatic carbocycles. The van der Waals surface area contributed by atoms with Gasteiger partial charge in [0.05, 0.1) is 0 Å². The van der Waals surface area contributed by atoms with Gasteiger partial charge >= 0.3 is 0 Å². The normalized spacial score (nSPS) is 12.8. The van der Waals surface area contributed by atoms with E-state index in [9.17, 15) is 4.79 Å². The Kier molecular flexibility index (Phi) is 1.37. The Bertz CT molecular complexity index is 776. The summed E-state index contributed by atoms with van der Waals surface area (Å²) in [7, 11) is 0. The molecule has 0 aliphatic heterocycles. The number of nitrogens with zero attached hydrogens (tertiary/aromatic N) is 5. The van der Waals surface area contributed by atoms with Crippen LogP contribution in [0.4, 0.5) is 0 Å². The second-order valence-electron chi connectivity index (χ2n) is 3.73. The van der Waals surface area contributed by atoms with Gasteiger partial charge < -0.3 is 0 Å². The van der Waals surface area contributed by atoms with Crippen LogP contribution in [0.3, 0.4) is 0 Å². The van der Waals surface area contributed by atoms with E-state index in [2.05, 4.69) is 20.2 Å². The van der Waals surface area contributed by atoms with Gasteiger partial charge in [-0.2, -0.15) is 4.98 Å². The molecule has 80 valence electrons. The topological polar surface area (TPSA) is 73.0 Å². The zero-order valence-electron chi connectivity index (χ0n) is 8.53. The summed E-state index contributed by atoms with van der Waals surface area (Å²) in [4.78, 5) is 20.2. The van der Waals surface area contributed by atoms with E-state index in [1.165, 1.54) is 11.0 Å². The molecule has 2 aromatic heterocycles. The summed E-state index contributed by atoms with van der Waals surface area (Å²) >= 11 is 0. The van der Waals surface area contributed by atoms with E-state index in [0.29, 0.717) is 22.7 Å². The van der Waals surface area contributed by atoms with Crippen LogP contribution in [0.5, 0.6) is 0 Å². The molecule has 0 amide bonds. The molecular weight excluding hydrogens is 218 g/mol. The molecule has 0 radical (unpaired) electrons. The molecule has 0 saturated carbocycles. The predicted octanol–water partition coefficient (Wildman–Crippen LogP) is 0.731. The quantitative estimate of drug-likeness (QED) is 0.439. The highest BCUT2D eigenvalue weighted by molar-refractivity contribution is 6.19. The van der Waals surface area contributed by atoms with Crippen LogP contribution in [0.25, 0.3) is 17.0 Å². The fraction of sp³-hybridized carbons (Fsp3) is 0. The van der Waals surface area contributed by atoms with E-state index in [-0.39, 0.29) is 5.78 Å². The zero-order valence-corrected chi connectivity index (χ0v) is 8.53. The smallest absolute Gasteiger partial charge is 0.271 e. The predicted molar refractivity (Wildman–Crippen MR) is 57.4 cm³/mol. The van der Waals surface area contributed by atoms with Crippen LogP contribution < -0.4 is 0 Å². The summed E-state index contributed by atoms with van der Waals surface area (Å²) in [6, 6.07) is 7.33. The third kappa shape index (κ3) is 0.963. The van der Waals surface area contributed by atoms with Gasteiger partial charge in [-0.25, -0.2) is 4.98 Å². The van der Waals surface area contributed by atoms with Crippen LogP contribution in [-0.2, 0) is 0 Å². The van der Waals surface area contributed by atoms with Crippen molar-refractivity contribution in [3.8, 4) is 11.3 Å². The highest BCUT2D eigenvalue weighted by Gasteiger charge is 2.30. The monoisotopic (exact) mass is 223 g/mol. The maximum atomic E-state index is 12.1. The van der Waals surface area contributed by atoms with Crippen LogP contribution in [-0.4, -0.2) is 30.6 Å². The molecule has 2 heterocycles. The van der Waals surface area contributed by atoms with Crippen molar-refractivity contribution in [3.63, 3.8) is 0 Å². The van der Waals surface area contributed by atoms with Crippen molar-refractivity contribution in [2.45, 2.75) is 0 Å².